The van der Waals surface area contributed by atoms with Crippen molar-refractivity contribution in [1.29, 1.82) is 0 Å². The van der Waals surface area contributed by atoms with Crippen LogP contribution in [0.4, 0.5) is 18.9 Å². The van der Waals surface area contributed by atoms with Crippen molar-refractivity contribution >= 4 is 28.9 Å². The Balaban J connectivity index is 1.63. The summed E-state index contributed by atoms with van der Waals surface area (Å²) in [5.41, 5.74) is 1.20. The van der Waals surface area contributed by atoms with Gasteiger partial charge in [0.25, 0.3) is 0 Å². The van der Waals surface area contributed by atoms with Gasteiger partial charge in [-0.3, -0.25) is 0 Å². The van der Waals surface area contributed by atoms with Crippen LogP contribution < -0.4 is 9.64 Å². The van der Waals surface area contributed by atoms with Crippen LogP contribution in [0.2, 0.25) is 10.0 Å². The van der Waals surface area contributed by atoms with Crippen LogP contribution >= 0.6 is 23.2 Å². The van der Waals surface area contributed by atoms with E-state index >= 15 is 0 Å². The Bertz CT molecular complexity index is 1360. The Labute approximate surface area is 229 Å². The third-order valence-electron chi connectivity index (χ3n) is 6.10. The van der Waals surface area contributed by atoms with Gasteiger partial charge < -0.3 is 14.2 Å². The van der Waals surface area contributed by atoms with Crippen LogP contribution in [0, 0.1) is 0 Å². The number of likely N-dealkylation sites (N-methyl/N-ethyl adjacent to an activating group) is 1. The van der Waals surface area contributed by atoms with E-state index in [1.54, 1.807) is 43.5 Å². The predicted octanol–water partition coefficient (Wildman–Crippen LogP) is 8.64. The van der Waals surface area contributed by atoms with E-state index in [0.29, 0.717) is 32.6 Å². The molecule has 1 saturated carbocycles. The summed E-state index contributed by atoms with van der Waals surface area (Å²) in [7, 11) is 1.58. The van der Waals surface area contributed by atoms with E-state index in [1.807, 2.05) is 13.0 Å². The smallest absolute Gasteiger partial charge is 0.435 e. The molecule has 1 aliphatic rings. The lowest BCUT2D eigenvalue weighted by molar-refractivity contribution is -0.140. The highest BCUT2D eigenvalue weighted by Gasteiger charge is 2.38. The molecule has 0 radical (unpaired) electrons. The summed E-state index contributed by atoms with van der Waals surface area (Å²) in [6.45, 7) is 5.58. The van der Waals surface area contributed by atoms with E-state index in [0.717, 1.165) is 18.4 Å². The Kier molecular flexibility index (Phi) is 8.53. The van der Waals surface area contributed by atoms with Crippen LogP contribution in [-0.4, -0.2) is 23.7 Å². The number of anilines is 1. The quantitative estimate of drug-likeness (QED) is 0.231. The first-order valence-electron chi connectivity index (χ1n) is 11.9. The normalized spacial score (nSPS) is 14.2. The van der Waals surface area contributed by atoms with Crippen LogP contribution in [0.15, 0.2) is 71.3 Å². The van der Waals surface area contributed by atoms with Gasteiger partial charge in [0, 0.05) is 31.1 Å². The fourth-order valence-electron chi connectivity index (χ4n) is 4.02. The average Bonchev–Trinajstić information content (AvgIpc) is 3.64. The zero-order valence-electron chi connectivity index (χ0n) is 20.9. The molecular weight excluding hydrogens is 538 g/mol. The highest BCUT2D eigenvalue weighted by atomic mass is 35.5. The molecule has 1 aromatic carbocycles. The lowest BCUT2D eigenvalue weighted by Gasteiger charge is -2.23. The number of alkyl halides is 3. The molecule has 0 spiro atoms. The molecule has 0 unspecified atom stereocenters. The molecule has 1 aliphatic carbocycles. The second-order valence-electron chi connectivity index (χ2n) is 8.86. The average molecular weight is 564 g/mol. The number of nitrogens with zero attached hydrogens (tertiary/aromatic N) is 3. The second-order valence-corrected chi connectivity index (χ2v) is 9.68. The van der Waals surface area contributed by atoms with Gasteiger partial charge in [-0.05, 0) is 43.5 Å². The first-order valence-corrected chi connectivity index (χ1v) is 12.7. The molecule has 2 aromatic heterocycles. The number of benzene rings is 1. The van der Waals surface area contributed by atoms with Crippen molar-refractivity contribution in [2.24, 2.45) is 0 Å². The second kappa shape index (κ2) is 11.7. The van der Waals surface area contributed by atoms with Crippen LogP contribution in [0.25, 0.3) is 11.3 Å². The molecule has 0 atom stereocenters. The van der Waals surface area contributed by atoms with Crippen LogP contribution in [0.5, 0.6) is 5.88 Å². The maximum absolute atomic E-state index is 14.0. The number of hydrogen-bond donors (Lipinski definition) is 0. The highest BCUT2D eigenvalue weighted by molar-refractivity contribution is 6.39. The van der Waals surface area contributed by atoms with Crippen molar-refractivity contribution in [3.8, 4) is 17.1 Å². The summed E-state index contributed by atoms with van der Waals surface area (Å²) in [6.07, 6.45) is 4.11. The number of halogens is 5. The topological polar surface area (TPSA) is 51.4 Å². The predicted molar refractivity (Wildman–Crippen MR) is 144 cm³/mol. The fraction of sp³-hybridized carbons (Fsp3) is 0.286. The van der Waals surface area contributed by atoms with E-state index in [4.69, 9.17) is 32.5 Å². The molecule has 0 saturated heterocycles. The largest absolute Gasteiger partial charge is 0.473 e. The Morgan fingerprint density at radius 1 is 1.21 bits per heavy atom. The highest BCUT2D eigenvalue weighted by Crippen LogP contribution is 2.46. The number of ether oxygens (including phenoxy) is 1. The van der Waals surface area contributed by atoms with E-state index in [9.17, 15) is 13.2 Å². The minimum absolute atomic E-state index is 0.0663. The van der Waals surface area contributed by atoms with Crippen LogP contribution in [0.1, 0.15) is 42.7 Å². The third kappa shape index (κ3) is 6.25. The number of allylic oxidation sites excluding steroid dienone is 3. The standard InChI is InChI=1S/C28H26Cl2F3N3O2/c1-4-6-8-17(5-2)15-36(3)22-13-14-23(34-27(22)28(31,32)33)37-16-19-25(35-38-26(19)18-11-12-18)24-20(29)9-7-10-21(24)30/h4-10,13-14,18H,1,11-12,15-16H2,2-3H3/b8-6-,17-5+. The molecule has 10 heteroatoms. The van der Waals surface area contributed by atoms with Crippen molar-refractivity contribution in [1.82, 2.24) is 10.1 Å². The number of hydrogen-bond acceptors (Lipinski definition) is 5. The molecular formula is C28H26Cl2F3N3O2. The third-order valence-corrected chi connectivity index (χ3v) is 6.73. The molecule has 5 nitrogen and oxygen atoms in total. The van der Waals surface area contributed by atoms with Crippen molar-refractivity contribution < 1.29 is 22.4 Å². The molecule has 38 heavy (non-hydrogen) atoms. The summed E-state index contributed by atoms with van der Waals surface area (Å²) in [5, 5.41) is 4.94. The molecule has 0 amide bonds. The van der Waals surface area contributed by atoms with Gasteiger partial charge in [0.15, 0.2) is 5.69 Å². The first kappa shape index (κ1) is 27.8. The van der Waals surface area contributed by atoms with E-state index in [2.05, 4.69) is 16.7 Å². The van der Waals surface area contributed by atoms with Gasteiger partial charge in [-0.2, -0.15) is 13.2 Å². The van der Waals surface area contributed by atoms with Gasteiger partial charge >= 0.3 is 6.18 Å². The summed E-state index contributed by atoms with van der Waals surface area (Å²) < 4.78 is 53.5. The molecule has 2 heterocycles. The molecule has 0 N–H and O–H groups in total. The van der Waals surface area contributed by atoms with Gasteiger partial charge in [0.05, 0.1) is 21.3 Å². The van der Waals surface area contributed by atoms with E-state index in [1.165, 1.54) is 17.0 Å². The number of rotatable bonds is 10. The van der Waals surface area contributed by atoms with Gasteiger partial charge in [-0.1, -0.05) is 65.3 Å². The van der Waals surface area contributed by atoms with Crippen molar-refractivity contribution in [3.05, 3.63) is 93.9 Å². The van der Waals surface area contributed by atoms with Crippen LogP contribution in [-0.2, 0) is 12.8 Å². The number of aromatic nitrogens is 2. The van der Waals surface area contributed by atoms with E-state index < -0.39 is 11.9 Å². The Morgan fingerprint density at radius 3 is 2.53 bits per heavy atom. The van der Waals surface area contributed by atoms with E-state index in [-0.39, 0.29) is 30.6 Å². The molecule has 200 valence electrons. The summed E-state index contributed by atoms with van der Waals surface area (Å²) in [5.74, 6) is 0.614. The van der Waals surface area contributed by atoms with Gasteiger partial charge in [0.1, 0.15) is 18.1 Å². The monoisotopic (exact) mass is 563 g/mol. The van der Waals surface area contributed by atoms with Crippen molar-refractivity contribution in [2.75, 3.05) is 18.5 Å². The minimum atomic E-state index is -4.69. The molecule has 1 fully saturated rings. The number of pyridine rings is 1. The molecule has 0 aliphatic heterocycles. The van der Waals surface area contributed by atoms with Crippen LogP contribution in [0.3, 0.4) is 0 Å². The SMILES string of the molecule is C=C/C=C\C(=C/C)CN(C)c1ccc(OCc2c(-c3c(Cl)cccc3Cl)noc2C2CC2)nc1C(F)(F)F. The maximum Gasteiger partial charge on any atom is 0.435 e. The zero-order valence-corrected chi connectivity index (χ0v) is 22.4. The lowest BCUT2D eigenvalue weighted by Crippen LogP contribution is -2.24. The Morgan fingerprint density at radius 2 is 1.92 bits per heavy atom. The summed E-state index contributed by atoms with van der Waals surface area (Å²) in [4.78, 5) is 5.33. The van der Waals surface area contributed by atoms with Gasteiger partial charge in [-0.25, -0.2) is 4.98 Å². The lowest BCUT2D eigenvalue weighted by atomic mass is 10.0. The zero-order chi connectivity index (χ0) is 27.4. The minimum Gasteiger partial charge on any atom is -0.473 e. The summed E-state index contributed by atoms with van der Waals surface area (Å²) >= 11 is 12.8. The van der Waals surface area contributed by atoms with Gasteiger partial charge in [0.2, 0.25) is 5.88 Å². The fourth-order valence-corrected chi connectivity index (χ4v) is 4.59. The summed E-state index contributed by atoms with van der Waals surface area (Å²) in [6, 6.07) is 7.84. The van der Waals surface area contributed by atoms with Crippen molar-refractivity contribution in [2.45, 2.75) is 38.5 Å². The Hall–Kier alpha value is -3.23. The molecule has 4 rings (SSSR count). The molecule has 0 bridgehead atoms. The maximum atomic E-state index is 14.0. The van der Waals surface area contributed by atoms with Gasteiger partial charge in [-0.15, -0.1) is 0 Å². The first-order chi connectivity index (χ1) is 18.1. The van der Waals surface area contributed by atoms with Crippen molar-refractivity contribution in [3.63, 3.8) is 0 Å². The molecule has 3 aromatic rings.